The van der Waals surface area contributed by atoms with E-state index >= 15 is 0 Å². The van der Waals surface area contributed by atoms with Crippen molar-refractivity contribution >= 4 is 11.6 Å². The van der Waals surface area contributed by atoms with E-state index in [1.807, 2.05) is 31.2 Å². The van der Waals surface area contributed by atoms with E-state index in [0.29, 0.717) is 30.0 Å². The number of hydrogen-bond acceptors (Lipinski definition) is 6. The van der Waals surface area contributed by atoms with Crippen molar-refractivity contribution in [3.05, 3.63) is 64.2 Å². The van der Waals surface area contributed by atoms with E-state index in [-0.39, 0.29) is 0 Å². The molecular weight excluding hydrogens is 408 g/mol. The third-order valence-electron chi connectivity index (χ3n) is 5.54. The van der Waals surface area contributed by atoms with Crippen LogP contribution in [0.1, 0.15) is 37.0 Å². The maximum absolute atomic E-state index is 10.7. The number of methoxy groups -OCH3 is 1. The van der Waals surface area contributed by atoms with E-state index in [0.717, 1.165) is 16.9 Å². The number of benzene rings is 2. The van der Waals surface area contributed by atoms with Crippen LogP contribution >= 0.6 is 11.6 Å². The molecule has 1 aliphatic rings. The van der Waals surface area contributed by atoms with E-state index in [1.54, 1.807) is 25.1 Å². The highest BCUT2D eigenvalue weighted by Gasteiger charge is 2.57. The highest BCUT2D eigenvalue weighted by Crippen LogP contribution is 2.43. The third-order valence-corrected chi connectivity index (χ3v) is 5.91. The van der Waals surface area contributed by atoms with Crippen LogP contribution < -0.4 is 4.74 Å². The smallest absolute Gasteiger partial charge is 0.224 e. The van der Waals surface area contributed by atoms with E-state index in [4.69, 9.17) is 25.8 Å². The number of aliphatic hydroxyl groups is 3. The van der Waals surface area contributed by atoms with Crippen molar-refractivity contribution < 1.29 is 29.5 Å². The molecule has 3 N–H and O–H groups in total. The second-order valence-electron chi connectivity index (χ2n) is 7.43. The van der Waals surface area contributed by atoms with Crippen LogP contribution in [0, 0.1) is 0 Å². The molecule has 1 saturated heterocycles. The molecule has 0 bridgehead atoms. The summed E-state index contributed by atoms with van der Waals surface area (Å²) in [7, 11) is 1.40. The average molecular weight is 437 g/mol. The van der Waals surface area contributed by atoms with Crippen LogP contribution in [-0.4, -0.2) is 53.5 Å². The molecule has 1 unspecified atom stereocenters. The molecule has 0 aromatic heterocycles. The van der Waals surface area contributed by atoms with Gasteiger partial charge in [0.2, 0.25) is 5.79 Å². The van der Waals surface area contributed by atoms with Crippen LogP contribution in [0.25, 0.3) is 0 Å². The minimum atomic E-state index is -1.60. The zero-order chi connectivity index (χ0) is 21.9. The molecule has 1 fully saturated rings. The quantitative estimate of drug-likeness (QED) is 0.589. The van der Waals surface area contributed by atoms with Gasteiger partial charge in [0.05, 0.1) is 12.7 Å². The maximum Gasteiger partial charge on any atom is 0.224 e. The predicted octanol–water partition coefficient (Wildman–Crippen LogP) is 3.02. The fraction of sp³-hybridized carbons (Fsp3) is 0.478. The van der Waals surface area contributed by atoms with Gasteiger partial charge < -0.3 is 29.5 Å². The summed E-state index contributed by atoms with van der Waals surface area (Å²) in [5, 5.41) is 32.0. The lowest BCUT2D eigenvalue weighted by atomic mass is 9.93. The van der Waals surface area contributed by atoms with Gasteiger partial charge in [-0.2, -0.15) is 0 Å². The van der Waals surface area contributed by atoms with Crippen molar-refractivity contribution in [1.82, 2.24) is 0 Å². The molecule has 30 heavy (non-hydrogen) atoms. The summed E-state index contributed by atoms with van der Waals surface area (Å²) >= 11 is 6.43. The summed E-state index contributed by atoms with van der Waals surface area (Å²) in [6, 6.07) is 13.0. The molecule has 0 spiro atoms. The molecule has 3 rings (SSSR count). The summed E-state index contributed by atoms with van der Waals surface area (Å²) in [5.74, 6) is -0.797. The van der Waals surface area contributed by atoms with Crippen LogP contribution in [0.2, 0.25) is 5.02 Å². The molecule has 1 heterocycles. The van der Waals surface area contributed by atoms with E-state index < -0.39 is 30.2 Å². The van der Waals surface area contributed by atoms with E-state index in [2.05, 4.69) is 0 Å². The van der Waals surface area contributed by atoms with Crippen LogP contribution in [0.4, 0.5) is 0 Å². The lowest BCUT2D eigenvalue weighted by Crippen LogP contribution is -2.42. The van der Waals surface area contributed by atoms with Crippen molar-refractivity contribution in [1.29, 1.82) is 0 Å². The zero-order valence-corrected chi connectivity index (χ0v) is 18.2. The number of hydrogen-bond donors (Lipinski definition) is 3. The third kappa shape index (κ3) is 4.35. The number of aliphatic hydroxyl groups excluding tert-OH is 3. The predicted molar refractivity (Wildman–Crippen MR) is 114 cm³/mol. The van der Waals surface area contributed by atoms with Gasteiger partial charge in [0.25, 0.3) is 0 Å². The molecule has 1 aliphatic heterocycles. The van der Waals surface area contributed by atoms with Crippen molar-refractivity contribution in [2.24, 2.45) is 0 Å². The van der Waals surface area contributed by atoms with Crippen molar-refractivity contribution in [3.8, 4) is 5.75 Å². The van der Waals surface area contributed by atoms with E-state index in [1.165, 1.54) is 7.11 Å². The number of halogens is 1. The Morgan fingerprint density at radius 1 is 1.13 bits per heavy atom. The maximum atomic E-state index is 10.7. The topological polar surface area (TPSA) is 88.4 Å². The Morgan fingerprint density at radius 3 is 2.43 bits per heavy atom. The average Bonchev–Trinajstić information content (AvgIpc) is 3.02. The zero-order valence-electron chi connectivity index (χ0n) is 17.4. The summed E-state index contributed by atoms with van der Waals surface area (Å²) in [5.41, 5.74) is 2.38. The largest absolute Gasteiger partial charge is 0.494 e. The Bertz CT molecular complexity index is 842. The van der Waals surface area contributed by atoms with Gasteiger partial charge in [-0.3, -0.25) is 0 Å². The molecule has 0 aliphatic carbocycles. The lowest BCUT2D eigenvalue weighted by Gasteiger charge is -2.31. The molecule has 5 atom stereocenters. The van der Waals surface area contributed by atoms with Crippen LogP contribution in [0.5, 0.6) is 5.75 Å². The second-order valence-corrected chi connectivity index (χ2v) is 7.83. The van der Waals surface area contributed by atoms with Gasteiger partial charge in [-0.15, -0.1) is 0 Å². The molecule has 164 valence electrons. The van der Waals surface area contributed by atoms with Gasteiger partial charge >= 0.3 is 0 Å². The van der Waals surface area contributed by atoms with Gasteiger partial charge in [0.1, 0.15) is 24.1 Å². The lowest BCUT2D eigenvalue weighted by molar-refractivity contribution is -0.262. The van der Waals surface area contributed by atoms with Crippen molar-refractivity contribution in [3.63, 3.8) is 0 Å². The minimum absolute atomic E-state index is 0.373. The van der Waals surface area contributed by atoms with Gasteiger partial charge in [0.15, 0.2) is 0 Å². The minimum Gasteiger partial charge on any atom is -0.494 e. The second kappa shape index (κ2) is 9.64. The van der Waals surface area contributed by atoms with Crippen LogP contribution in [0.15, 0.2) is 42.5 Å². The molecule has 0 amide bonds. The normalized spacial score (nSPS) is 27.2. The first-order valence-corrected chi connectivity index (χ1v) is 10.5. The molecule has 2 aromatic rings. The van der Waals surface area contributed by atoms with Crippen LogP contribution in [0.3, 0.4) is 0 Å². The fourth-order valence-electron chi connectivity index (χ4n) is 3.83. The van der Waals surface area contributed by atoms with Gasteiger partial charge in [-0.1, -0.05) is 36.7 Å². The van der Waals surface area contributed by atoms with Crippen molar-refractivity contribution in [2.75, 3.05) is 13.7 Å². The summed E-state index contributed by atoms with van der Waals surface area (Å²) in [4.78, 5) is 0. The Hall–Kier alpha value is -1.67. The first-order chi connectivity index (χ1) is 14.4. The Morgan fingerprint density at radius 2 is 1.83 bits per heavy atom. The molecule has 7 heteroatoms. The number of rotatable bonds is 8. The summed E-state index contributed by atoms with van der Waals surface area (Å²) in [6.45, 7) is 4.32. The SMILES string of the molecule is CCOc1ccc(Cc2cc(C3(OC)O[C@H]([C@@H](O)CC)[C@H](O)[C@H]3O)ccc2Cl)cc1. The molecule has 6 nitrogen and oxygen atoms in total. The molecule has 0 radical (unpaired) electrons. The number of ether oxygens (including phenoxy) is 3. The highest BCUT2D eigenvalue weighted by atomic mass is 35.5. The van der Waals surface area contributed by atoms with Gasteiger partial charge in [-0.25, -0.2) is 0 Å². The fourth-order valence-corrected chi connectivity index (χ4v) is 4.01. The highest BCUT2D eigenvalue weighted by molar-refractivity contribution is 6.31. The standard InChI is InChI=1S/C23H29ClO6/c1-4-19(25)21-20(26)22(27)23(28-3,30-21)16-8-11-18(24)15(13-16)12-14-6-9-17(10-7-14)29-5-2/h6-11,13,19-22,25-27H,4-5,12H2,1-3H3/t19-,20-,21+,22+,23?/m0/s1. The Balaban J connectivity index is 1.91. The Kier molecular flexibility index (Phi) is 7.39. The first kappa shape index (κ1) is 23.0. The molecule has 0 saturated carbocycles. The molecular formula is C23H29ClO6. The summed E-state index contributed by atoms with van der Waals surface area (Å²) in [6.07, 6.45) is -3.62. The van der Waals surface area contributed by atoms with Gasteiger partial charge in [0, 0.05) is 17.7 Å². The van der Waals surface area contributed by atoms with E-state index in [9.17, 15) is 15.3 Å². The molecule has 2 aromatic carbocycles. The van der Waals surface area contributed by atoms with Crippen molar-refractivity contribution in [2.45, 2.75) is 56.9 Å². The monoisotopic (exact) mass is 436 g/mol. The first-order valence-electron chi connectivity index (χ1n) is 10.1. The van der Waals surface area contributed by atoms with Crippen LogP contribution in [-0.2, 0) is 21.7 Å². The Labute approximate surface area is 182 Å². The summed E-state index contributed by atoms with van der Waals surface area (Å²) < 4.78 is 17.0. The van der Waals surface area contributed by atoms with Gasteiger partial charge in [-0.05, 0) is 55.2 Å².